The van der Waals surface area contributed by atoms with E-state index in [0.717, 1.165) is 12.8 Å². The van der Waals surface area contributed by atoms with Crippen LogP contribution in [-0.2, 0) is 9.59 Å². The highest BCUT2D eigenvalue weighted by Crippen LogP contribution is 2.12. The maximum absolute atomic E-state index is 10.3. The summed E-state index contributed by atoms with van der Waals surface area (Å²) in [7, 11) is 0. The molecule has 0 aromatic rings. The Balaban J connectivity index is -0.000000513. The lowest BCUT2D eigenvalue weighted by molar-refractivity contribution is -0.137. The van der Waals surface area contributed by atoms with Crippen molar-refractivity contribution in [1.29, 1.82) is 0 Å². The van der Waals surface area contributed by atoms with Gasteiger partial charge in [-0.3, -0.25) is 9.59 Å². The SMILES string of the molecule is CC(N)=O.CCCCCCCCCCCCCCCC(=O)O.OCC(O)CO. The predicted molar refractivity (Wildman–Crippen MR) is 113 cm³/mol. The van der Waals surface area contributed by atoms with Crippen molar-refractivity contribution in [2.75, 3.05) is 13.2 Å². The third kappa shape index (κ3) is 44.3. The molecule has 7 nitrogen and oxygen atoms in total. The molecule has 0 aliphatic carbocycles. The van der Waals surface area contributed by atoms with E-state index in [9.17, 15) is 9.59 Å². The molecule has 28 heavy (non-hydrogen) atoms. The lowest BCUT2D eigenvalue weighted by Crippen LogP contribution is -2.15. The molecule has 0 radical (unpaired) electrons. The fourth-order valence-corrected chi connectivity index (χ4v) is 2.35. The van der Waals surface area contributed by atoms with Gasteiger partial charge < -0.3 is 26.2 Å². The smallest absolute Gasteiger partial charge is 0.303 e. The van der Waals surface area contributed by atoms with Crippen LogP contribution < -0.4 is 5.73 Å². The molecule has 0 atom stereocenters. The average Bonchev–Trinajstić information content (AvgIpc) is 2.64. The summed E-state index contributed by atoms with van der Waals surface area (Å²) < 4.78 is 0. The molecule has 0 rings (SSSR count). The second kappa shape index (κ2) is 28.0. The zero-order valence-corrected chi connectivity index (χ0v) is 18.1. The maximum atomic E-state index is 10.3. The number of unbranched alkanes of at least 4 members (excludes halogenated alkanes) is 12. The third-order valence-corrected chi connectivity index (χ3v) is 3.92. The summed E-state index contributed by atoms with van der Waals surface area (Å²) in [5.41, 5.74) is 4.47. The van der Waals surface area contributed by atoms with E-state index < -0.39 is 12.1 Å². The largest absolute Gasteiger partial charge is 0.481 e. The van der Waals surface area contributed by atoms with Crippen LogP contribution in [0.2, 0.25) is 0 Å². The molecule has 0 aromatic heterocycles. The minimum atomic E-state index is -0.954. The van der Waals surface area contributed by atoms with E-state index in [0.29, 0.717) is 6.42 Å². The first-order valence-corrected chi connectivity index (χ1v) is 10.7. The van der Waals surface area contributed by atoms with Crippen LogP contribution in [0.5, 0.6) is 0 Å². The van der Waals surface area contributed by atoms with Crippen LogP contribution in [0.4, 0.5) is 0 Å². The summed E-state index contributed by atoms with van der Waals surface area (Å²) in [4.78, 5) is 19.5. The molecule has 0 saturated carbocycles. The molecule has 0 saturated heterocycles. The topological polar surface area (TPSA) is 141 Å². The van der Waals surface area contributed by atoms with Crippen molar-refractivity contribution < 1.29 is 30.0 Å². The third-order valence-electron chi connectivity index (χ3n) is 3.92. The highest BCUT2D eigenvalue weighted by Gasteiger charge is 1.97. The summed E-state index contributed by atoms with van der Waals surface area (Å²) >= 11 is 0. The molecular weight excluding hydrogens is 362 g/mol. The Morgan fingerprint density at radius 2 is 1.04 bits per heavy atom. The Labute approximate surface area is 171 Å². The van der Waals surface area contributed by atoms with Gasteiger partial charge in [0.15, 0.2) is 0 Å². The Morgan fingerprint density at radius 1 is 0.750 bits per heavy atom. The van der Waals surface area contributed by atoms with Crippen molar-refractivity contribution in [2.45, 2.75) is 110 Å². The standard InChI is InChI=1S/C16H32O2.C3H8O3.C2H5NO/c1-2-3-4-5-6-7-8-9-10-11-12-13-14-15-16(17)18;4-1-3(6)2-5;1-2(3)4/h2-15H2,1H3,(H,17,18);3-6H,1-2H2;1H3,(H2,3,4). The number of carboxylic acids is 1. The van der Waals surface area contributed by atoms with Crippen molar-refractivity contribution in [1.82, 2.24) is 0 Å². The van der Waals surface area contributed by atoms with E-state index in [1.54, 1.807) is 0 Å². The quantitative estimate of drug-likeness (QED) is 0.248. The lowest BCUT2D eigenvalue weighted by Gasteiger charge is -2.02. The van der Waals surface area contributed by atoms with Gasteiger partial charge in [-0.25, -0.2) is 0 Å². The van der Waals surface area contributed by atoms with E-state index >= 15 is 0 Å². The van der Waals surface area contributed by atoms with Gasteiger partial charge in [0, 0.05) is 13.3 Å². The molecule has 0 aliphatic rings. The molecule has 0 aromatic carbocycles. The number of nitrogens with two attached hydrogens (primary N) is 1. The van der Waals surface area contributed by atoms with Gasteiger partial charge in [-0.2, -0.15) is 0 Å². The number of hydrogen-bond acceptors (Lipinski definition) is 5. The fraction of sp³-hybridized carbons (Fsp3) is 0.905. The Hall–Kier alpha value is -1.18. The second-order valence-electron chi connectivity index (χ2n) is 7.02. The summed E-state index contributed by atoms with van der Waals surface area (Å²) in [5.74, 6) is -0.988. The zero-order chi connectivity index (χ0) is 22.0. The summed E-state index contributed by atoms with van der Waals surface area (Å²) in [6.07, 6.45) is 16.3. The van der Waals surface area contributed by atoms with Crippen LogP contribution in [0.1, 0.15) is 104 Å². The Bertz CT molecular complexity index is 318. The van der Waals surface area contributed by atoms with Crippen molar-refractivity contribution in [3.05, 3.63) is 0 Å². The summed E-state index contributed by atoms with van der Waals surface area (Å²) in [6, 6.07) is 0. The molecule has 0 bridgehead atoms. The monoisotopic (exact) mass is 407 g/mol. The lowest BCUT2D eigenvalue weighted by atomic mass is 10.0. The molecular formula is C21H45NO6. The van der Waals surface area contributed by atoms with Gasteiger partial charge in [-0.15, -0.1) is 0 Å². The highest BCUT2D eigenvalue weighted by molar-refractivity contribution is 5.70. The number of aliphatic hydroxyl groups excluding tert-OH is 3. The van der Waals surface area contributed by atoms with Crippen molar-refractivity contribution >= 4 is 11.9 Å². The molecule has 7 heteroatoms. The van der Waals surface area contributed by atoms with Gasteiger partial charge in [0.25, 0.3) is 0 Å². The molecule has 0 fully saturated rings. The summed E-state index contributed by atoms with van der Waals surface area (Å²) in [5, 5.41) is 32.5. The molecule has 6 N–H and O–H groups in total. The first-order valence-electron chi connectivity index (χ1n) is 10.7. The van der Waals surface area contributed by atoms with Gasteiger partial charge in [-0.05, 0) is 6.42 Å². The van der Waals surface area contributed by atoms with Crippen LogP contribution >= 0.6 is 0 Å². The average molecular weight is 408 g/mol. The minimum absolute atomic E-state index is 0.333. The van der Waals surface area contributed by atoms with E-state index in [4.69, 9.17) is 20.4 Å². The normalized spacial score (nSPS) is 9.93. The number of carboxylic acid groups (broad SMARTS) is 1. The first kappa shape index (κ1) is 31.5. The molecule has 0 unspecified atom stereocenters. The molecule has 1 amide bonds. The summed E-state index contributed by atoms with van der Waals surface area (Å²) in [6.45, 7) is 2.84. The molecule has 170 valence electrons. The zero-order valence-electron chi connectivity index (χ0n) is 18.1. The van der Waals surface area contributed by atoms with E-state index in [1.165, 1.54) is 77.6 Å². The van der Waals surface area contributed by atoms with Crippen LogP contribution in [0.3, 0.4) is 0 Å². The highest BCUT2D eigenvalue weighted by atomic mass is 16.4. The van der Waals surface area contributed by atoms with E-state index in [2.05, 4.69) is 12.7 Å². The van der Waals surface area contributed by atoms with Crippen molar-refractivity contribution in [2.24, 2.45) is 5.73 Å². The van der Waals surface area contributed by atoms with Crippen LogP contribution in [0.25, 0.3) is 0 Å². The molecule has 0 heterocycles. The van der Waals surface area contributed by atoms with Gasteiger partial charge in [0.05, 0.1) is 13.2 Å². The number of rotatable bonds is 16. The van der Waals surface area contributed by atoms with Gasteiger partial charge in [0.1, 0.15) is 6.10 Å². The number of carbonyl (C=O) groups is 2. The minimum Gasteiger partial charge on any atom is -0.481 e. The van der Waals surface area contributed by atoms with Crippen molar-refractivity contribution in [3.8, 4) is 0 Å². The maximum Gasteiger partial charge on any atom is 0.303 e. The number of carbonyl (C=O) groups excluding carboxylic acids is 1. The van der Waals surface area contributed by atoms with E-state index in [1.807, 2.05) is 0 Å². The van der Waals surface area contributed by atoms with Crippen LogP contribution in [0, 0.1) is 0 Å². The molecule has 0 aliphatic heterocycles. The number of aliphatic carboxylic acids is 1. The van der Waals surface area contributed by atoms with Gasteiger partial charge in [-0.1, -0.05) is 84.0 Å². The van der Waals surface area contributed by atoms with Crippen LogP contribution in [-0.4, -0.2) is 51.6 Å². The van der Waals surface area contributed by atoms with Gasteiger partial charge >= 0.3 is 5.97 Å². The van der Waals surface area contributed by atoms with Crippen LogP contribution in [0.15, 0.2) is 0 Å². The number of hydrogen-bond donors (Lipinski definition) is 5. The fourth-order valence-electron chi connectivity index (χ4n) is 2.35. The van der Waals surface area contributed by atoms with E-state index in [-0.39, 0.29) is 19.1 Å². The predicted octanol–water partition coefficient (Wildman–Crippen LogP) is 3.38. The Morgan fingerprint density at radius 3 is 1.25 bits per heavy atom. The Kier molecular flexibility index (Phi) is 31.6. The number of aliphatic hydroxyl groups is 3. The number of amides is 1. The van der Waals surface area contributed by atoms with Gasteiger partial charge in [0.2, 0.25) is 5.91 Å². The second-order valence-corrected chi connectivity index (χ2v) is 7.02. The number of primary amides is 1. The van der Waals surface area contributed by atoms with Crippen molar-refractivity contribution in [3.63, 3.8) is 0 Å². The molecule has 0 spiro atoms. The first-order chi connectivity index (χ1) is 13.3.